The molecule has 29 heavy (non-hydrogen) atoms. The molecule has 148 valence electrons. The van der Waals surface area contributed by atoms with Crippen LogP contribution in [0.5, 0.6) is 0 Å². The van der Waals surface area contributed by atoms with Gasteiger partial charge in [-0.1, -0.05) is 29.4 Å². The second kappa shape index (κ2) is 7.93. The van der Waals surface area contributed by atoms with Crippen molar-refractivity contribution in [1.29, 1.82) is 0 Å². The van der Waals surface area contributed by atoms with Crippen LogP contribution in [0.1, 0.15) is 23.0 Å². The lowest BCUT2D eigenvalue weighted by Crippen LogP contribution is -2.01. The van der Waals surface area contributed by atoms with E-state index in [1.165, 1.54) is 13.3 Å². The summed E-state index contributed by atoms with van der Waals surface area (Å²) in [7, 11) is 1.36. The van der Waals surface area contributed by atoms with Crippen LogP contribution in [0.25, 0.3) is 16.6 Å². The van der Waals surface area contributed by atoms with Gasteiger partial charge in [-0.25, -0.2) is 4.79 Å². The van der Waals surface area contributed by atoms with Crippen LogP contribution in [0.15, 0.2) is 58.8 Å². The molecule has 0 atom stereocenters. The minimum absolute atomic E-state index is 0.405. The third-order valence-corrected chi connectivity index (χ3v) is 6.08. The van der Waals surface area contributed by atoms with Crippen LogP contribution in [-0.2, 0) is 11.3 Å². The molecule has 4 rings (SSSR count). The number of carbonyl (C=O) groups excluding carboxylic acids is 1. The van der Waals surface area contributed by atoms with Gasteiger partial charge >= 0.3 is 5.97 Å². The van der Waals surface area contributed by atoms with E-state index in [0.717, 1.165) is 38.6 Å². The maximum Gasteiger partial charge on any atom is 0.339 e. The van der Waals surface area contributed by atoms with Crippen LogP contribution in [-0.4, -0.2) is 32.4 Å². The molecule has 0 spiro atoms. The Balaban J connectivity index is 1.85. The van der Waals surface area contributed by atoms with Crippen LogP contribution < -0.4 is 0 Å². The number of aryl methyl sites for hydroxylation is 1. The topological polar surface area (TPSA) is 61.9 Å². The zero-order valence-electron chi connectivity index (χ0n) is 16.2. The van der Waals surface area contributed by atoms with Gasteiger partial charge in [0.05, 0.1) is 30.1 Å². The fraction of sp³-hybridized carbons (Fsp3) is 0.190. The molecule has 0 radical (unpaired) electrons. The van der Waals surface area contributed by atoms with Crippen LogP contribution in [0.3, 0.4) is 0 Å². The number of pyridine rings is 1. The second-order valence-electron chi connectivity index (χ2n) is 6.47. The largest absolute Gasteiger partial charge is 0.465 e. The minimum atomic E-state index is -0.405. The molecule has 0 unspecified atom stereocenters. The van der Waals surface area contributed by atoms with Crippen molar-refractivity contribution in [2.24, 2.45) is 0 Å². The summed E-state index contributed by atoms with van der Waals surface area (Å²) in [6.45, 7) is 4.92. The first-order valence-corrected chi connectivity index (χ1v) is 10.3. The highest BCUT2D eigenvalue weighted by Crippen LogP contribution is 2.40. The van der Waals surface area contributed by atoms with E-state index in [1.807, 2.05) is 35.3 Å². The summed E-state index contributed by atoms with van der Waals surface area (Å²) in [6, 6.07) is 7.65. The Kier molecular flexibility index (Phi) is 5.34. The standard InChI is InChI=1S/C21H19ClN4O2S/c1-4-25-12-16(10-24-25)26-13(2)20(18-6-5-15(22)8-19(18)26)29-17-7-14(9-23-11-17)21(27)28-3/h5-12H,4H2,1-3H3. The molecule has 0 aliphatic rings. The number of hydrogen-bond donors (Lipinski definition) is 0. The smallest absolute Gasteiger partial charge is 0.339 e. The van der Waals surface area contributed by atoms with E-state index in [-0.39, 0.29) is 0 Å². The van der Waals surface area contributed by atoms with E-state index in [2.05, 4.69) is 28.5 Å². The molecule has 0 saturated carbocycles. The zero-order chi connectivity index (χ0) is 20.5. The first-order valence-electron chi connectivity index (χ1n) is 9.06. The van der Waals surface area contributed by atoms with Gasteiger partial charge in [0.2, 0.25) is 0 Å². The number of ether oxygens (including phenoxy) is 1. The first kappa shape index (κ1) is 19.5. The lowest BCUT2D eigenvalue weighted by Gasteiger charge is -2.06. The first-order chi connectivity index (χ1) is 14.0. The number of rotatable bonds is 5. The van der Waals surface area contributed by atoms with Crippen LogP contribution >= 0.6 is 23.4 Å². The average Bonchev–Trinajstić information content (AvgIpc) is 3.30. The van der Waals surface area contributed by atoms with Gasteiger partial charge in [0.25, 0.3) is 0 Å². The number of esters is 1. The lowest BCUT2D eigenvalue weighted by molar-refractivity contribution is 0.0600. The number of benzene rings is 1. The summed E-state index contributed by atoms with van der Waals surface area (Å²) in [5.41, 5.74) is 3.47. The molecule has 0 fully saturated rings. The highest BCUT2D eigenvalue weighted by molar-refractivity contribution is 7.99. The third-order valence-electron chi connectivity index (χ3n) is 4.67. The maximum atomic E-state index is 11.9. The monoisotopic (exact) mass is 426 g/mol. The van der Waals surface area contributed by atoms with Gasteiger partial charge in [0, 0.05) is 51.0 Å². The van der Waals surface area contributed by atoms with Crippen molar-refractivity contribution in [3.05, 3.63) is 65.3 Å². The molecule has 3 heterocycles. The SMILES string of the molecule is CCn1cc(-n2c(C)c(Sc3cncc(C(=O)OC)c3)c3ccc(Cl)cc32)cn1. The van der Waals surface area contributed by atoms with Gasteiger partial charge in [-0.2, -0.15) is 5.10 Å². The quantitative estimate of drug-likeness (QED) is 0.413. The maximum absolute atomic E-state index is 11.9. The predicted molar refractivity (Wildman–Crippen MR) is 114 cm³/mol. The number of methoxy groups -OCH3 is 1. The molecule has 0 N–H and O–H groups in total. The fourth-order valence-electron chi connectivity index (χ4n) is 3.28. The fourth-order valence-corrected chi connectivity index (χ4v) is 4.51. The van der Waals surface area contributed by atoms with E-state index < -0.39 is 5.97 Å². The van der Waals surface area contributed by atoms with E-state index in [0.29, 0.717) is 10.6 Å². The Bertz CT molecular complexity index is 1210. The highest BCUT2D eigenvalue weighted by atomic mass is 35.5. The summed E-state index contributed by atoms with van der Waals surface area (Å²) < 4.78 is 8.85. The summed E-state index contributed by atoms with van der Waals surface area (Å²) >= 11 is 7.86. The van der Waals surface area contributed by atoms with E-state index >= 15 is 0 Å². The molecule has 8 heteroatoms. The van der Waals surface area contributed by atoms with Gasteiger partial charge in [-0.05, 0) is 32.0 Å². The van der Waals surface area contributed by atoms with Crippen molar-refractivity contribution in [1.82, 2.24) is 19.3 Å². The van der Waals surface area contributed by atoms with Crippen molar-refractivity contribution in [3.63, 3.8) is 0 Å². The van der Waals surface area contributed by atoms with Crippen molar-refractivity contribution in [2.75, 3.05) is 7.11 Å². The highest BCUT2D eigenvalue weighted by Gasteiger charge is 2.18. The molecule has 1 aromatic carbocycles. The van der Waals surface area contributed by atoms with E-state index in [4.69, 9.17) is 16.3 Å². The van der Waals surface area contributed by atoms with Crippen molar-refractivity contribution in [3.8, 4) is 5.69 Å². The summed E-state index contributed by atoms with van der Waals surface area (Å²) in [5, 5.41) is 6.15. The molecule has 4 aromatic rings. The third kappa shape index (κ3) is 3.63. The van der Waals surface area contributed by atoms with Gasteiger partial charge in [-0.15, -0.1) is 0 Å². The second-order valence-corrected chi connectivity index (χ2v) is 7.99. The molecular formula is C21H19ClN4O2S. The van der Waals surface area contributed by atoms with Gasteiger partial charge < -0.3 is 9.30 Å². The van der Waals surface area contributed by atoms with Crippen LogP contribution in [0.2, 0.25) is 5.02 Å². The lowest BCUT2D eigenvalue weighted by atomic mass is 10.2. The number of hydrogen-bond acceptors (Lipinski definition) is 5. The minimum Gasteiger partial charge on any atom is -0.465 e. The number of aromatic nitrogens is 4. The molecule has 6 nitrogen and oxygen atoms in total. The number of carbonyl (C=O) groups is 1. The molecule has 0 bridgehead atoms. The van der Waals surface area contributed by atoms with Gasteiger partial charge in [-0.3, -0.25) is 9.67 Å². The number of halogens is 1. The molecule has 0 aliphatic heterocycles. The Labute approximate surface area is 177 Å². The van der Waals surface area contributed by atoms with Gasteiger partial charge in [0.1, 0.15) is 0 Å². The summed E-state index contributed by atoms with van der Waals surface area (Å²) in [6.07, 6.45) is 7.11. The Morgan fingerprint density at radius 3 is 2.79 bits per heavy atom. The van der Waals surface area contributed by atoms with E-state index in [1.54, 1.807) is 24.0 Å². The predicted octanol–water partition coefficient (Wildman–Crippen LogP) is 5.14. The van der Waals surface area contributed by atoms with Gasteiger partial charge in [0.15, 0.2) is 0 Å². The van der Waals surface area contributed by atoms with E-state index in [9.17, 15) is 4.79 Å². The molecule has 3 aromatic heterocycles. The summed E-state index contributed by atoms with van der Waals surface area (Å²) in [4.78, 5) is 18.0. The van der Waals surface area contributed by atoms with Crippen molar-refractivity contribution in [2.45, 2.75) is 30.2 Å². The normalized spacial score (nSPS) is 11.2. The molecular weight excluding hydrogens is 408 g/mol. The Morgan fingerprint density at radius 2 is 2.07 bits per heavy atom. The zero-order valence-corrected chi connectivity index (χ0v) is 17.8. The number of nitrogens with zero attached hydrogens (tertiary/aromatic N) is 4. The molecule has 0 saturated heterocycles. The average molecular weight is 427 g/mol. The van der Waals surface area contributed by atoms with Crippen LogP contribution in [0.4, 0.5) is 0 Å². The Hall–Kier alpha value is -2.77. The number of fused-ring (bicyclic) bond motifs is 1. The molecule has 0 amide bonds. The Morgan fingerprint density at radius 1 is 1.24 bits per heavy atom. The molecule has 0 aliphatic carbocycles. The van der Waals surface area contributed by atoms with Crippen molar-refractivity contribution >= 4 is 40.2 Å². The summed E-state index contributed by atoms with van der Waals surface area (Å²) in [5.74, 6) is -0.405. The van der Waals surface area contributed by atoms with Crippen LogP contribution in [0, 0.1) is 6.92 Å². The van der Waals surface area contributed by atoms with Crippen molar-refractivity contribution < 1.29 is 9.53 Å².